The van der Waals surface area contributed by atoms with Crippen LogP contribution < -0.4 is 5.73 Å². The zero-order valence-electron chi connectivity index (χ0n) is 9.05. The summed E-state index contributed by atoms with van der Waals surface area (Å²) in [7, 11) is 0. The van der Waals surface area contributed by atoms with Gasteiger partial charge in [0.15, 0.2) is 0 Å². The summed E-state index contributed by atoms with van der Waals surface area (Å²) >= 11 is 0. The van der Waals surface area contributed by atoms with Gasteiger partial charge in [0.2, 0.25) is 0 Å². The van der Waals surface area contributed by atoms with Crippen LogP contribution in [0.25, 0.3) is 0 Å². The molecule has 90 valence electrons. The van der Waals surface area contributed by atoms with Crippen molar-refractivity contribution in [1.82, 2.24) is 0 Å². The van der Waals surface area contributed by atoms with Gasteiger partial charge >= 0.3 is 5.97 Å². The molecule has 16 heavy (non-hydrogen) atoms. The number of esters is 1. The molecule has 5 heteroatoms. The Morgan fingerprint density at radius 2 is 2.12 bits per heavy atom. The maximum Gasteiger partial charge on any atom is 0.307 e. The van der Waals surface area contributed by atoms with Gasteiger partial charge < -0.3 is 15.6 Å². The fourth-order valence-corrected chi connectivity index (χ4v) is 1.31. The average molecular weight is 246 g/mol. The highest BCUT2D eigenvalue weighted by atomic mass is 35.5. The van der Waals surface area contributed by atoms with Gasteiger partial charge in [-0.3, -0.25) is 4.79 Å². The SMILES string of the molecule is CCOC(=O)C[C@H](N)c1ccccc1O.Cl. The molecular formula is C11H16ClNO3. The number of halogens is 1. The smallest absolute Gasteiger partial charge is 0.307 e. The molecule has 1 aromatic rings. The van der Waals surface area contributed by atoms with E-state index in [2.05, 4.69) is 0 Å². The summed E-state index contributed by atoms with van der Waals surface area (Å²) in [6, 6.07) is 6.18. The topological polar surface area (TPSA) is 72.5 Å². The molecule has 0 amide bonds. The highest BCUT2D eigenvalue weighted by Crippen LogP contribution is 2.24. The third kappa shape index (κ3) is 4.08. The predicted molar refractivity (Wildman–Crippen MR) is 63.5 cm³/mol. The van der Waals surface area contributed by atoms with E-state index < -0.39 is 6.04 Å². The molecule has 0 aromatic heterocycles. The Labute approximate surface area is 101 Å². The number of rotatable bonds is 4. The maximum atomic E-state index is 11.2. The molecular weight excluding hydrogens is 230 g/mol. The molecule has 0 aliphatic heterocycles. The van der Waals surface area contributed by atoms with Crippen LogP contribution in [-0.2, 0) is 9.53 Å². The monoisotopic (exact) mass is 245 g/mol. The molecule has 0 bridgehead atoms. The molecule has 1 aromatic carbocycles. The highest BCUT2D eigenvalue weighted by Gasteiger charge is 2.14. The number of nitrogens with two attached hydrogens (primary N) is 1. The molecule has 1 atom stereocenters. The van der Waals surface area contributed by atoms with Crippen LogP contribution in [0, 0.1) is 0 Å². The second-order valence-corrected chi connectivity index (χ2v) is 3.17. The van der Waals surface area contributed by atoms with Gasteiger partial charge in [0.25, 0.3) is 0 Å². The van der Waals surface area contributed by atoms with Crippen LogP contribution in [0.1, 0.15) is 24.9 Å². The number of hydrogen-bond acceptors (Lipinski definition) is 4. The first kappa shape index (κ1) is 14.7. The summed E-state index contributed by atoms with van der Waals surface area (Å²) in [5, 5.41) is 9.49. The van der Waals surface area contributed by atoms with Gasteiger partial charge in [-0.05, 0) is 13.0 Å². The number of phenols is 1. The third-order valence-corrected chi connectivity index (χ3v) is 2.03. The summed E-state index contributed by atoms with van der Waals surface area (Å²) < 4.78 is 4.77. The lowest BCUT2D eigenvalue weighted by Crippen LogP contribution is -2.17. The fourth-order valence-electron chi connectivity index (χ4n) is 1.31. The molecule has 0 saturated carbocycles. The van der Waals surface area contributed by atoms with Crippen molar-refractivity contribution in [3.63, 3.8) is 0 Å². The summed E-state index contributed by atoms with van der Waals surface area (Å²) in [4.78, 5) is 11.2. The lowest BCUT2D eigenvalue weighted by atomic mass is 10.0. The van der Waals surface area contributed by atoms with E-state index in [4.69, 9.17) is 10.5 Å². The number of benzene rings is 1. The van der Waals surface area contributed by atoms with Crippen molar-refractivity contribution < 1.29 is 14.6 Å². The van der Waals surface area contributed by atoms with Crippen LogP contribution in [0.2, 0.25) is 0 Å². The van der Waals surface area contributed by atoms with Crippen molar-refractivity contribution in [3.8, 4) is 5.75 Å². The Morgan fingerprint density at radius 3 is 2.69 bits per heavy atom. The zero-order valence-corrected chi connectivity index (χ0v) is 9.87. The van der Waals surface area contributed by atoms with E-state index in [-0.39, 0.29) is 30.5 Å². The Hall–Kier alpha value is -1.26. The van der Waals surface area contributed by atoms with E-state index in [1.165, 1.54) is 0 Å². The third-order valence-electron chi connectivity index (χ3n) is 2.03. The standard InChI is InChI=1S/C11H15NO3.ClH/c1-2-15-11(14)7-9(12)8-5-3-4-6-10(8)13;/h3-6,9,13H,2,7,12H2,1H3;1H/t9-;/m0./s1. The van der Waals surface area contributed by atoms with Gasteiger partial charge in [0, 0.05) is 11.6 Å². The average Bonchev–Trinajstić information content (AvgIpc) is 2.18. The molecule has 0 aliphatic carbocycles. The second kappa shape index (κ2) is 7.09. The van der Waals surface area contributed by atoms with Crippen LogP contribution in [0.15, 0.2) is 24.3 Å². The Balaban J connectivity index is 0.00000225. The number of hydrogen-bond donors (Lipinski definition) is 2. The Morgan fingerprint density at radius 1 is 1.50 bits per heavy atom. The van der Waals surface area contributed by atoms with Crippen LogP contribution in [-0.4, -0.2) is 17.7 Å². The number of ether oxygens (including phenoxy) is 1. The molecule has 0 radical (unpaired) electrons. The lowest BCUT2D eigenvalue weighted by Gasteiger charge is -2.12. The highest BCUT2D eigenvalue weighted by molar-refractivity contribution is 5.85. The number of phenolic OH excluding ortho intramolecular Hbond substituents is 1. The number of aromatic hydroxyl groups is 1. The van der Waals surface area contributed by atoms with Crippen LogP contribution in [0.4, 0.5) is 0 Å². The first-order valence-electron chi connectivity index (χ1n) is 4.84. The number of para-hydroxylation sites is 1. The Kier molecular flexibility index (Phi) is 6.53. The number of carbonyl (C=O) groups excluding carboxylic acids is 1. The molecule has 0 unspecified atom stereocenters. The van der Waals surface area contributed by atoms with Crippen molar-refractivity contribution in [1.29, 1.82) is 0 Å². The minimum atomic E-state index is -0.523. The van der Waals surface area contributed by atoms with Crippen molar-refractivity contribution in [2.45, 2.75) is 19.4 Å². The maximum absolute atomic E-state index is 11.2. The molecule has 0 saturated heterocycles. The predicted octanol–water partition coefficient (Wildman–Crippen LogP) is 1.77. The van der Waals surface area contributed by atoms with Crippen LogP contribution >= 0.6 is 12.4 Å². The van der Waals surface area contributed by atoms with Crippen molar-refractivity contribution in [3.05, 3.63) is 29.8 Å². The Bertz CT molecular complexity index is 344. The van der Waals surface area contributed by atoms with E-state index in [9.17, 15) is 9.90 Å². The van der Waals surface area contributed by atoms with Crippen molar-refractivity contribution in [2.75, 3.05) is 6.61 Å². The van der Waals surface area contributed by atoms with Gasteiger partial charge in [-0.25, -0.2) is 0 Å². The zero-order chi connectivity index (χ0) is 11.3. The van der Waals surface area contributed by atoms with E-state index in [0.29, 0.717) is 12.2 Å². The summed E-state index contributed by atoms with van der Waals surface area (Å²) in [6.07, 6.45) is 0.0748. The van der Waals surface area contributed by atoms with E-state index in [1.54, 1.807) is 31.2 Å². The van der Waals surface area contributed by atoms with Crippen LogP contribution in [0.3, 0.4) is 0 Å². The van der Waals surface area contributed by atoms with Gasteiger partial charge in [0.05, 0.1) is 13.0 Å². The van der Waals surface area contributed by atoms with Gasteiger partial charge in [0.1, 0.15) is 5.75 Å². The quantitative estimate of drug-likeness (QED) is 0.793. The van der Waals surface area contributed by atoms with Crippen LogP contribution in [0.5, 0.6) is 5.75 Å². The summed E-state index contributed by atoms with van der Waals surface area (Å²) in [6.45, 7) is 2.08. The largest absolute Gasteiger partial charge is 0.508 e. The van der Waals surface area contributed by atoms with Crippen molar-refractivity contribution in [2.24, 2.45) is 5.73 Å². The second-order valence-electron chi connectivity index (χ2n) is 3.17. The first-order chi connectivity index (χ1) is 7.15. The summed E-state index contributed by atoms with van der Waals surface area (Å²) in [5.74, 6) is -0.248. The summed E-state index contributed by atoms with van der Waals surface area (Å²) in [5.41, 5.74) is 6.33. The van der Waals surface area contributed by atoms with Gasteiger partial charge in [-0.2, -0.15) is 0 Å². The minimum absolute atomic E-state index is 0. The molecule has 1 rings (SSSR count). The normalized spacial score (nSPS) is 11.4. The van der Waals surface area contributed by atoms with Crippen molar-refractivity contribution >= 4 is 18.4 Å². The molecule has 0 heterocycles. The van der Waals surface area contributed by atoms with E-state index in [0.717, 1.165) is 0 Å². The molecule has 0 spiro atoms. The van der Waals surface area contributed by atoms with Gasteiger partial charge in [-0.15, -0.1) is 12.4 Å². The van der Waals surface area contributed by atoms with E-state index >= 15 is 0 Å². The first-order valence-corrected chi connectivity index (χ1v) is 4.84. The molecule has 4 nitrogen and oxygen atoms in total. The lowest BCUT2D eigenvalue weighted by molar-refractivity contribution is -0.143. The fraction of sp³-hybridized carbons (Fsp3) is 0.364. The molecule has 3 N–H and O–H groups in total. The van der Waals surface area contributed by atoms with Gasteiger partial charge in [-0.1, -0.05) is 18.2 Å². The minimum Gasteiger partial charge on any atom is -0.508 e. The van der Waals surface area contributed by atoms with E-state index in [1.807, 2.05) is 0 Å². The molecule has 0 aliphatic rings. The number of carbonyl (C=O) groups is 1. The molecule has 0 fully saturated rings.